The molecule has 1 aliphatic rings. The van der Waals surface area contributed by atoms with Gasteiger partial charge in [0.1, 0.15) is 24.5 Å². The van der Waals surface area contributed by atoms with Gasteiger partial charge < -0.3 is 15.0 Å². The van der Waals surface area contributed by atoms with Crippen LogP contribution >= 0.6 is 0 Å². The maximum absolute atomic E-state index is 13.8. The van der Waals surface area contributed by atoms with E-state index < -0.39 is 0 Å². The zero-order valence-corrected chi connectivity index (χ0v) is 15.5. The van der Waals surface area contributed by atoms with Crippen LogP contribution in [0.25, 0.3) is 11.0 Å². The van der Waals surface area contributed by atoms with Crippen molar-refractivity contribution in [3.8, 4) is 0 Å². The molecular formula is C19H21FN6O2. The number of carbonyl (C=O) groups excluding carboxylic acids is 1. The summed E-state index contributed by atoms with van der Waals surface area (Å²) in [4.78, 5) is 22.4. The van der Waals surface area contributed by atoms with Crippen molar-refractivity contribution in [2.45, 2.75) is 25.4 Å². The highest BCUT2D eigenvalue weighted by Crippen LogP contribution is 2.27. The standard InChI is InChI=1S/C19H21FN6O2/c1-28-17(27)11-26-19-14(10-23-26)18(21-12-22-19)25-8-6-13(7-9-25)24-16-5-3-2-4-15(16)20/h2-5,10,12-13,24H,6-9,11H2,1H3. The Hall–Kier alpha value is -3.23. The molecule has 0 unspecified atom stereocenters. The minimum atomic E-state index is -0.384. The summed E-state index contributed by atoms with van der Waals surface area (Å²) in [6, 6.07) is 6.92. The Morgan fingerprint density at radius 2 is 2.07 bits per heavy atom. The number of nitrogens with zero attached hydrogens (tertiary/aromatic N) is 5. The summed E-state index contributed by atoms with van der Waals surface area (Å²) in [5, 5.41) is 8.34. The van der Waals surface area contributed by atoms with Crippen LogP contribution < -0.4 is 10.2 Å². The van der Waals surface area contributed by atoms with Crippen molar-refractivity contribution in [1.29, 1.82) is 0 Å². The first-order chi connectivity index (χ1) is 13.7. The normalized spacial score (nSPS) is 15.0. The fraction of sp³-hybridized carbons (Fsp3) is 0.368. The maximum Gasteiger partial charge on any atom is 0.327 e. The number of para-hydroxylation sites is 1. The Morgan fingerprint density at radius 3 is 2.82 bits per heavy atom. The number of hydrogen-bond donors (Lipinski definition) is 1. The molecule has 0 bridgehead atoms. The number of benzene rings is 1. The highest BCUT2D eigenvalue weighted by molar-refractivity contribution is 5.87. The van der Waals surface area contributed by atoms with Crippen LogP contribution in [0.2, 0.25) is 0 Å². The van der Waals surface area contributed by atoms with E-state index in [-0.39, 0.29) is 24.4 Å². The molecule has 1 aliphatic heterocycles. The lowest BCUT2D eigenvalue weighted by Crippen LogP contribution is -2.39. The number of ether oxygens (including phenoxy) is 1. The van der Waals surface area contributed by atoms with Gasteiger partial charge in [-0.25, -0.2) is 19.0 Å². The Kier molecular flexibility index (Phi) is 5.05. The first-order valence-corrected chi connectivity index (χ1v) is 9.15. The molecule has 0 aliphatic carbocycles. The summed E-state index contributed by atoms with van der Waals surface area (Å²) in [6.45, 7) is 1.56. The number of nitrogens with one attached hydrogen (secondary N) is 1. The van der Waals surface area contributed by atoms with E-state index in [9.17, 15) is 9.18 Å². The van der Waals surface area contributed by atoms with Gasteiger partial charge in [-0.05, 0) is 25.0 Å². The molecule has 4 rings (SSSR count). The quantitative estimate of drug-likeness (QED) is 0.675. The number of methoxy groups -OCH3 is 1. The van der Waals surface area contributed by atoms with E-state index in [0.717, 1.165) is 37.1 Å². The first kappa shape index (κ1) is 18.1. The number of piperidine rings is 1. The van der Waals surface area contributed by atoms with Crippen molar-refractivity contribution in [2.24, 2.45) is 0 Å². The van der Waals surface area contributed by atoms with Crippen molar-refractivity contribution >= 4 is 28.5 Å². The molecule has 0 amide bonds. The zero-order chi connectivity index (χ0) is 19.5. The van der Waals surface area contributed by atoms with Crippen LogP contribution in [0, 0.1) is 5.82 Å². The lowest BCUT2D eigenvalue weighted by atomic mass is 10.0. The molecular weight excluding hydrogens is 363 g/mol. The van der Waals surface area contributed by atoms with E-state index in [1.807, 2.05) is 6.07 Å². The van der Waals surface area contributed by atoms with E-state index in [1.165, 1.54) is 24.2 Å². The fourth-order valence-electron chi connectivity index (χ4n) is 3.47. The van der Waals surface area contributed by atoms with Gasteiger partial charge in [-0.15, -0.1) is 0 Å². The maximum atomic E-state index is 13.8. The van der Waals surface area contributed by atoms with Crippen LogP contribution in [0.1, 0.15) is 12.8 Å². The Labute approximate surface area is 161 Å². The minimum Gasteiger partial charge on any atom is -0.468 e. The predicted octanol–water partition coefficient (Wildman–Crippen LogP) is 2.22. The summed E-state index contributed by atoms with van der Waals surface area (Å²) < 4.78 is 20.1. The molecule has 3 aromatic rings. The summed E-state index contributed by atoms with van der Waals surface area (Å²) in [7, 11) is 1.34. The van der Waals surface area contributed by atoms with Crippen molar-refractivity contribution in [3.63, 3.8) is 0 Å². The highest BCUT2D eigenvalue weighted by atomic mass is 19.1. The average Bonchev–Trinajstić information content (AvgIpc) is 3.13. The third-order valence-corrected chi connectivity index (χ3v) is 4.95. The molecule has 3 heterocycles. The van der Waals surface area contributed by atoms with Crippen molar-refractivity contribution in [3.05, 3.63) is 42.6 Å². The fourth-order valence-corrected chi connectivity index (χ4v) is 3.47. The zero-order valence-electron chi connectivity index (χ0n) is 15.5. The van der Waals surface area contributed by atoms with Gasteiger partial charge in [0.05, 0.1) is 24.4 Å². The van der Waals surface area contributed by atoms with Crippen LogP contribution in [0.5, 0.6) is 0 Å². The Morgan fingerprint density at radius 1 is 1.29 bits per heavy atom. The molecule has 0 spiro atoms. The molecule has 1 aromatic carbocycles. The third kappa shape index (κ3) is 3.60. The molecule has 1 saturated heterocycles. The smallest absolute Gasteiger partial charge is 0.327 e. The molecule has 2 aromatic heterocycles. The largest absolute Gasteiger partial charge is 0.468 e. The summed E-state index contributed by atoms with van der Waals surface area (Å²) in [5.74, 6) is 0.177. The van der Waals surface area contributed by atoms with E-state index in [2.05, 4.69) is 25.3 Å². The second kappa shape index (κ2) is 7.79. The minimum absolute atomic E-state index is 0.00505. The lowest BCUT2D eigenvalue weighted by Gasteiger charge is -2.33. The highest BCUT2D eigenvalue weighted by Gasteiger charge is 2.23. The number of rotatable bonds is 5. The van der Waals surface area contributed by atoms with E-state index in [1.54, 1.807) is 18.3 Å². The number of aromatic nitrogens is 4. The second-order valence-corrected chi connectivity index (χ2v) is 6.70. The molecule has 146 valence electrons. The molecule has 0 saturated carbocycles. The Balaban J connectivity index is 1.47. The summed E-state index contributed by atoms with van der Waals surface area (Å²) in [5.41, 5.74) is 1.14. The molecule has 0 atom stereocenters. The molecule has 28 heavy (non-hydrogen) atoms. The SMILES string of the molecule is COC(=O)Cn1ncc2c(N3CCC(Nc4ccccc4F)CC3)ncnc21. The number of esters is 1. The van der Waals surface area contributed by atoms with Crippen molar-refractivity contribution in [2.75, 3.05) is 30.4 Å². The van der Waals surface area contributed by atoms with Gasteiger partial charge in [0.2, 0.25) is 0 Å². The van der Waals surface area contributed by atoms with Gasteiger partial charge in [0.25, 0.3) is 0 Å². The Bertz CT molecular complexity index is 983. The molecule has 8 nitrogen and oxygen atoms in total. The topological polar surface area (TPSA) is 85.2 Å². The molecule has 0 radical (unpaired) electrons. The third-order valence-electron chi connectivity index (χ3n) is 4.95. The van der Waals surface area contributed by atoms with Crippen LogP contribution in [0.15, 0.2) is 36.8 Å². The monoisotopic (exact) mass is 384 g/mol. The molecule has 9 heteroatoms. The van der Waals surface area contributed by atoms with E-state index in [0.29, 0.717) is 11.3 Å². The van der Waals surface area contributed by atoms with Crippen LogP contribution in [0.3, 0.4) is 0 Å². The van der Waals surface area contributed by atoms with Crippen molar-refractivity contribution < 1.29 is 13.9 Å². The summed E-state index contributed by atoms with van der Waals surface area (Å²) in [6.07, 6.45) is 4.88. The first-order valence-electron chi connectivity index (χ1n) is 9.15. The average molecular weight is 384 g/mol. The van der Waals surface area contributed by atoms with Crippen LogP contribution in [-0.4, -0.2) is 52.0 Å². The number of anilines is 2. The number of halogens is 1. The number of hydrogen-bond acceptors (Lipinski definition) is 7. The van der Waals surface area contributed by atoms with Gasteiger partial charge in [-0.3, -0.25) is 4.79 Å². The van der Waals surface area contributed by atoms with Gasteiger partial charge >= 0.3 is 5.97 Å². The van der Waals surface area contributed by atoms with Gasteiger partial charge in [-0.1, -0.05) is 12.1 Å². The predicted molar refractivity (Wildman–Crippen MR) is 103 cm³/mol. The van der Waals surface area contributed by atoms with Crippen LogP contribution in [-0.2, 0) is 16.1 Å². The van der Waals surface area contributed by atoms with Gasteiger partial charge in [0.15, 0.2) is 5.65 Å². The van der Waals surface area contributed by atoms with E-state index in [4.69, 9.17) is 4.74 Å². The number of fused-ring (bicyclic) bond motifs is 1. The van der Waals surface area contributed by atoms with Crippen molar-refractivity contribution in [1.82, 2.24) is 19.7 Å². The lowest BCUT2D eigenvalue weighted by molar-refractivity contribution is -0.141. The van der Waals surface area contributed by atoms with Crippen LogP contribution in [0.4, 0.5) is 15.9 Å². The number of carbonyl (C=O) groups is 1. The molecule has 1 fully saturated rings. The second-order valence-electron chi connectivity index (χ2n) is 6.70. The summed E-state index contributed by atoms with van der Waals surface area (Å²) >= 11 is 0. The molecule has 1 N–H and O–H groups in total. The van der Waals surface area contributed by atoms with Gasteiger partial charge in [-0.2, -0.15) is 5.10 Å². The van der Waals surface area contributed by atoms with E-state index >= 15 is 0 Å². The van der Waals surface area contributed by atoms with Gasteiger partial charge in [0, 0.05) is 19.1 Å².